The third-order valence-electron chi connectivity index (χ3n) is 3.52. The molecule has 0 aromatic heterocycles. The Kier molecular flexibility index (Phi) is 4.14. The molecule has 4 N–H and O–H groups in total. The van der Waals surface area contributed by atoms with Crippen molar-refractivity contribution in [3.05, 3.63) is 0 Å². The number of rotatable bonds is 5. The fourth-order valence-electron chi connectivity index (χ4n) is 2.66. The molecule has 5 heteroatoms. The van der Waals surface area contributed by atoms with E-state index in [2.05, 4.69) is 6.92 Å². The molecule has 0 amide bonds. The van der Waals surface area contributed by atoms with Gasteiger partial charge in [-0.05, 0) is 43.6 Å². The molecule has 0 saturated heterocycles. The lowest BCUT2D eigenvalue weighted by atomic mass is 9.81. The van der Waals surface area contributed by atoms with Crippen LogP contribution in [-0.2, 0) is 10.0 Å². The molecule has 0 aromatic rings. The van der Waals surface area contributed by atoms with Crippen LogP contribution in [0.5, 0.6) is 0 Å². The zero-order valence-corrected chi connectivity index (χ0v) is 10.2. The molecule has 1 aliphatic rings. The Morgan fingerprint density at radius 3 is 2.53 bits per heavy atom. The third-order valence-corrected chi connectivity index (χ3v) is 4.38. The minimum Gasteiger partial charge on any atom is -0.330 e. The fraction of sp³-hybridized carbons (Fsp3) is 1.00. The number of hydrogen-bond acceptors (Lipinski definition) is 3. The maximum Gasteiger partial charge on any atom is 0.209 e. The van der Waals surface area contributed by atoms with Crippen molar-refractivity contribution in [1.29, 1.82) is 0 Å². The van der Waals surface area contributed by atoms with Gasteiger partial charge in [-0.25, -0.2) is 13.6 Å². The lowest BCUT2D eigenvalue weighted by Crippen LogP contribution is -2.29. The van der Waals surface area contributed by atoms with Gasteiger partial charge in [0, 0.05) is 0 Å². The first-order chi connectivity index (χ1) is 6.87. The second-order valence-electron chi connectivity index (χ2n) is 5.02. The van der Waals surface area contributed by atoms with E-state index in [4.69, 9.17) is 10.9 Å². The molecule has 1 saturated carbocycles. The predicted molar refractivity (Wildman–Crippen MR) is 61.7 cm³/mol. The van der Waals surface area contributed by atoms with Gasteiger partial charge in [-0.1, -0.05) is 13.3 Å². The molecular weight excluding hydrogens is 212 g/mol. The second kappa shape index (κ2) is 4.80. The molecule has 90 valence electrons. The van der Waals surface area contributed by atoms with Crippen LogP contribution in [0, 0.1) is 11.3 Å². The predicted octanol–water partition coefficient (Wildman–Crippen LogP) is 0.820. The summed E-state index contributed by atoms with van der Waals surface area (Å²) in [5.74, 6) is 0.811. The van der Waals surface area contributed by atoms with E-state index in [1.807, 2.05) is 0 Å². The van der Waals surface area contributed by atoms with Crippen LogP contribution in [0.2, 0.25) is 0 Å². The summed E-state index contributed by atoms with van der Waals surface area (Å²) in [6, 6.07) is 0. The monoisotopic (exact) mass is 234 g/mol. The topological polar surface area (TPSA) is 86.2 Å². The normalized spacial score (nSPS) is 32.1. The van der Waals surface area contributed by atoms with Crippen LogP contribution in [0.3, 0.4) is 0 Å². The van der Waals surface area contributed by atoms with Crippen molar-refractivity contribution >= 4 is 10.0 Å². The Bertz CT molecular complexity index is 303. The van der Waals surface area contributed by atoms with E-state index in [9.17, 15) is 8.42 Å². The van der Waals surface area contributed by atoms with E-state index in [-0.39, 0.29) is 11.2 Å². The van der Waals surface area contributed by atoms with E-state index in [0.29, 0.717) is 13.0 Å². The summed E-state index contributed by atoms with van der Waals surface area (Å²) in [6.07, 6.45) is 5.02. The van der Waals surface area contributed by atoms with Crippen LogP contribution < -0.4 is 10.9 Å². The van der Waals surface area contributed by atoms with Crippen molar-refractivity contribution in [2.45, 2.75) is 39.0 Å². The molecule has 1 rings (SSSR count). The molecular formula is C10H22N2O2S. The van der Waals surface area contributed by atoms with Gasteiger partial charge < -0.3 is 5.73 Å². The van der Waals surface area contributed by atoms with Gasteiger partial charge in [0.1, 0.15) is 0 Å². The molecule has 0 bridgehead atoms. The highest BCUT2D eigenvalue weighted by Gasteiger charge is 2.35. The number of hydrogen-bond donors (Lipinski definition) is 2. The van der Waals surface area contributed by atoms with Crippen molar-refractivity contribution < 1.29 is 8.42 Å². The first kappa shape index (κ1) is 12.9. The number of sulfonamides is 1. The summed E-state index contributed by atoms with van der Waals surface area (Å²) in [4.78, 5) is 0. The smallest absolute Gasteiger partial charge is 0.209 e. The minimum absolute atomic E-state index is 0.0864. The molecule has 0 spiro atoms. The maximum absolute atomic E-state index is 10.8. The van der Waals surface area contributed by atoms with Gasteiger partial charge in [0.15, 0.2) is 0 Å². The van der Waals surface area contributed by atoms with Crippen molar-refractivity contribution in [2.75, 3.05) is 12.3 Å². The largest absolute Gasteiger partial charge is 0.330 e. The van der Waals surface area contributed by atoms with Crippen molar-refractivity contribution in [3.8, 4) is 0 Å². The maximum atomic E-state index is 10.8. The van der Waals surface area contributed by atoms with E-state index in [0.717, 1.165) is 25.2 Å². The van der Waals surface area contributed by atoms with Crippen LogP contribution in [0.4, 0.5) is 0 Å². The summed E-state index contributed by atoms with van der Waals surface area (Å²) in [5.41, 5.74) is 5.98. The molecule has 1 fully saturated rings. The first-order valence-corrected chi connectivity index (χ1v) is 7.29. The average Bonchev–Trinajstić information content (AvgIpc) is 2.46. The molecule has 0 heterocycles. The van der Waals surface area contributed by atoms with E-state index in [1.54, 1.807) is 0 Å². The van der Waals surface area contributed by atoms with Gasteiger partial charge in [0.2, 0.25) is 10.0 Å². The van der Waals surface area contributed by atoms with Gasteiger partial charge in [0.05, 0.1) is 5.75 Å². The number of primary sulfonamides is 1. The van der Waals surface area contributed by atoms with Crippen LogP contribution in [0.25, 0.3) is 0 Å². The zero-order chi connectivity index (χ0) is 11.5. The highest BCUT2D eigenvalue weighted by atomic mass is 32.2. The van der Waals surface area contributed by atoms with Crippen LogP contribution in [0.1, 0.15) is 39.0 Å². The van der Waals surface area contributed by atoms with Crippen LogP contribution in [0.15, 0.2) is 0 Å². The summed E-state index contributed by atoms with van der Waals surface area (Å²) < 4.78 is 21.6. The molecule has 15 heavy (non-hydrogen) atoms. The molecule has 2 atom stereocenters. The quantitative estimate of drug-likeness (QED) is 0.738. The highest BCUT2D eigenvalue weighted by molar-refractivity contribution is 7.89. The first-order valence-electron chi connectivity index (χ1n) is 5.57. The van der Waals surface area contributed by atoms with Gasteiger partial charge in [-0.2, -0.15) is 0 Å². The van der Waals surface area contributed by atoms with Crippen molar-refractivity contribution in [3.63, 3.8) is 0 Å². The Hall–Kier alpha value is -0.130. The molecule has 4 nitrogen and oxygen atoms in total. The second-order valence-corrected chi connectivity index (χ2v) is 6.76. The zero-order valence-electron chi connectivity index (χ0n) is 9.41. The Labute approximate surface area is 92.5 Å². The highest BCUT2D eigenvalue weighted by Crippen LogP contribution is 2.44. The van der Waals surface area contributed by atoms with Crippen molar-refractivity contribution in [1.82, 2.24) is 0 Å². The summed E-state index contributed by atoms with van der Waals surface area (Å²) >= 11 is 0. The van der Waals surface area contributed by atoms with E-state index in [1.165, 1.54) is 6.42 Å². The summed E-state index contributed by atoms with van der Waals surface area (Å²) in [6.45, 7) is 2.90. The molecule has 0 radical (unpaired) electrons. The average molecular weight is 234 g/mol. The SMILES string of the molecule is CC1CCC(CN)(CCCS(N)(=O)=O)C1. The van der Waals surface area contributed by atoms with Gasteiger partial charge in [-0.15, -0.1) is 0 Å². The molecule has 2 unspecified atom stereocenters. The molecule has 0 aromatic carbocycles. The van der Waals surface area contributed by atoms with Gasteiger partial charge >= 0.3 is 0 Å². The molecule has 1 aliphatic carbocycles. The fourth-order valence-corrected chi connectivity index (χ4v) is 3.21. The Balaban J connectivity index is 2.41. The standard InChI is InChI=1S/C10H22N2O2S/c1-9-3-5-10(7-9,8-11)4-2-6-15(12,13)14/h9H,2-8,11H2,1H3,(H2,12,13,14). The van der Waals surface area contributed by atoms with Crippen LogP contribution >= 0.6 is 0 Å². The summed E-state index contributed by atoms with van der Waals surface area (Å²) in [5, 5.41) is 4.97. The van der Waals surface area contributed by atoms with Gasteiger partial charge in [0.25, 0.3) is 0 Å². The third kappa shape index (κ3) is 4.09. The molecule has 0 aliphatic heterocycles. The Morgan fingerprint density at radius 1 is 1.47 bits per heavy atom. The van der Waals surface area contributed by atoms with E-state index < -0.39 is 10.0 Å². The van der Waals surface area contributed by atoms with E-state index >= 15 is 0 Å². The van der Waals surface area contributed by atoms with Gasteiger partial charge in [-0.3, -0.25) is 0 Å². The Morgan fingerprint density at radius 2 is 2.13 bits per heavy atom. The lowest BCUT2D eigenvalue weighted by Gasteiger charge is -2.27. The lowest BCUT2D eigenvalue weighted by molar-refractivity contribution is 0.271. The summed E-state index contributed by atoms with van der Waals surface area (Å²) in [7, 11) is -3.31. The number of nitrogens with two attached hydrogens (primary N) is 2. The van der Waals surface area contributed by atoms with Crippen LogP contribution in [-0.4, -0.2) is 20.7 Å². The minimum atomic E-state index is -3.31. The van der Waals surface area contributed by atoms with Crippen molar-refractivity contribution in [2.24, 2.45) is 22.2 Å².